The lowest BCUT2D eigenvalue weighted by Crippen LogP contribution is -2.26. The summed E-state index contributed by atoms with van der Waals surface area (Å²) in [6.45, 7) is 1.81. The van der Waals surface area contributed by atoms with Crippen molar-refractivity contribution in [1.29, 1.82) is 0 Å². The zero-order chi connectivity index (χ0) is 15.6. The van der Waals surface area contributed by atoms with Crippen LogP contribution in [0.2, 0.25) is 0 Å². The molecule has 0 amide bonds. The van der Waals surface area contributed by atoms with Gasteiger partial charge in [-0.1, -0.05) is 0 Å². The lowest BCUT2D eigenvalue weighted by Gasteiger charge is -2.18. The number of thiophene rings is 1. The molecule has 3 nitrogen and oxygen atoms in total. The largest absolute Gasteiger partial charge is 0.243 e. The summed E-state index contributed by atoms with van der Waals surface area (Å²) < 4.78 is 40.1. The third kappa shape index (κ3) is 3.45. The van der Waals surface area contributed by atoms with E-state index in [-0.39, 0.29) is 28.4 Å². The van der Waals surface area contributed by atoms with Crippen molar-refractivity contribution in [2.24, 2.45) is 0 Å². The summed E-state index contributed by atoms with van der Waals surface area (Å²) in [4.78, 5) is 0.0646. The topological polar surface area (TPSA) is 37.4 Å². The molecule has 2 aromatic rings. The number of benzene rings is 1. The first-order chi connectivity index (χ1) is 9.86. The van der Waals surface area contributed by atoms with Crippen molar-refractivity contribution in [3.8, 4) is 0 Å². The molecule has 0 unspecified atom stereocenters. The van der Waals surface area contributed by atoms with Crippen LogP contribution in [0.1, 0.15) is 16.7 Å². The summed E-state index contributed by atoms with van der Waals surface area (Å²) in [6, 6.07) is 4.51. The fraction of sp³-hybridized carbons (Fsp3) is 0.286. The molecule has 0 saturated heterocycles. The second kappa shape index (κ2) is 6.44. The lowest BCUT2D eigenvalue weighted by atomic mass is 10.1. The van der Waals surface area contributed by atoms with Crippen molar-refractivity contribution in [2.75, 3.05) is 7.05 Å². The minimum atomic E-state index is -3.67. The Bertz CT molecular complexity index is 730. The molecular formula is C14H15ClFNO2S2. The van der Waals surface area contributed by atoms with E-state index >= 15 is 0 Å². The monoisotopic (exact) mass is 347 g/mol. The van der Waals surface area contributed by atoms with E-state index in [0.717, 1.165) is 5.56 Å². The number of alkyl halides is 1. The highest BCUT2D eigenvalue weighted by molar-refractivity contribution is 7.89. The fourth-order valence-corrected chi connectivity index (χ4v) is 4.11. The first-order valence-corrected chi connectivity index (χ1v) is 9.10. The molecule has 0 N–H and O–H groups in total. The fourth-order valence-electron chi connectivity index (χ4n) is 1.96. The Morgan fingerprint density at radius 2 is 2.10 bits per heavy atom. The summed E-state index contributed by atoms with van der Waals surface area (Å²) in [6.07, 6.45) is 0. The Balaban J connectivity index is 2.37. The van der Waals surface area contributed by atoms with Crippen molar-refractivity contribution in [3.05, 3.63) is 51.5 Å². The first-order valence-electron chi connectivity index (χ1n) is 6.18. The maximum absolute atomic E-state index is 13.8. The predicted octanol–water partition coefficient (Wildman–Crippen LogP) is 3.76. The molecule has 0 saturated carbocycles. The molecule has 1 heterocycles. The average molecular weight is 348 g/mol. The van der Waals surface area contributed by atoms with Gasteiger partial charge < -0.3 is 0 Å². The van der Waals surface area contributed by atoms with Crippen molar-refractivity contribution >= 4 is 33.0 Å². The third-order valence-electron chi connectivity index (χ3n) is 3.14. The normalized spacial score (nSPS) is 12.0. The van der Waals surface area contributed by atoms with Crippen LogP contribution in [0.4, 0.5) is 4.39 Å². The van der Waals surface area contributed by atoms with Gasteiger partial charge in [0.1, 0.15) is 5.82 Å². The van der Waals surface area contributed by atoms with Gasteiger partial charge >= 0.3 is 0 Å². The molecule has 0 aliphatic heterocycles. The minimum Gasteiger partial charge on any atom is -0.207 e. The zero-order valence-electron chi connectivity index (χ0n) is 11.6. The molecule has 0 aliphatic rings. The van der Waals surface area contributed by atoms with Crippen LogP contribution in [-0.4, -0.2) is 19.8 Å². The van der Waals surface area contributed by atoms with Gasteiger partial charge in [0.05, 0.1) is 10.8 Å². The van der Waals surface area contributed by atoms with Gasteiger partial charge in [-0.3, -0.25) is 0 Å². The van der Waals surface area contributed by atoms with Crippen LogP contribution in [0.3, 0.4) is 0 Å². The summed E-state index contributed by atoms with van der Waals surface area (Å²) in [7, 11) is -2.17. The van der Waals surface area contributed by atoms with E-state index in [2.05, 4.69) is 0 Å². The highest BCUT2D eigenvalue weighted by Gasteiger charge is 2.23. The molecule has 0 bridgehead atoms. The lowest BCUT2D eigenvalue weighted by molar-refractivity contribution is 0.467. The number of aryl methyl sites for hydroxylation is 1. The Morgan fingerprint density at radius 3 is 2.67 bits per heavy atom. The van der Waals surface area contributed by atoms with E-state index in [1.54, 1.807) is 0 Å². The van der Waals surface area contributed by atoms with Gasteiger partial charge in [0.25, 0.3) is 0 Å². The Morgan fingerprint density at radius 1 is 1.38 bits per heavy atom. The minimum absolute atomic E-state index is 0.0646. The van der Waals surface area contributed by atoms with Crippen LogP contribution >= 0.6 is 22.9 Å². The molecule has 2 rings (SSSR count). The quantitative estimate of drug-likeness (QED) is 0.772. The Kier molecular flexibility index (Phi) is 5.03. The van der Waals surface area contributed by atoms with Crippen LogP contribution in [0.5, 0.6) is 0 Å². The zero-order valence-corrected chi connectivity index (χ0v) is 14.0. The third-order valence-corrected chi connectivity index (χ3v) is 5.94. The standard InChI is InChI=1S/C14H15ClFNO2S2/c1-10-5-13(6-12(7-15)14(10)16)21(18,19)17(2)8-11-3-4-20-9-11/h3-6,9H,7-8H2,1-2H3. The van der Waals surface area contributed by atoms with Gasteiger partial charge in [-0.25, -0.2) is 12.8 Å². The summed E-state index contributed by atoms with van der Waals surface area (Å²) in [5.74, 6) is -0.519. The SMILES string of the molecule is Cc1cc(S(=O)(=O)N(C)Cc2ccsc2)cc(CCl)c1F. The molecule has 1 aromatic heterocycles. The maximum Gasteiger partial charge on any atom is 0.243 e. The van der Waals surface area contributed by atoms with Gasteiger partial charge in [0, 0.05) is 19.2 Å². The summed E-state index contributed by atoms with van der Waals surface area (Å²) in [5.41, 5.74) is 1.39. The van der Waals surface area contributed by atoms with Gasteiger partial charge in [-0.05, 0) is 47.0 Å². The van der Waals surface area contributed by atoms with Crippen molar-refractivity contribution in [3.63, 3.8) is 0 Å². The molecule has 1 aromatic carbocycles. The molecule has 0 aliphatic carbocycles. The Hall–Kier alpha value is -0.950. The average Bonchev–Trinajstić information content (AvgIpc) is 2.94. The number of halogens is 2. The van der Waals surface area contributed by atoms with Crippen molar-refractivity contribution in [2.45, 2.75) is 24.2 Å². The second-order valence-electron chi connectivity index (χ2n) is 4.74. The number of hydrogen-bond acceptors (Lipinski definition) is 3. The summed E-state index contributed by atoms with van der Waals surface area (Å²) in [5, 5.41) is 3.79. The number of rotatable bonds is 5. The molecular weight excluding hydrogens is 333 g/mol. The molecule has 21 heavy (non-hydrogen) atoms. The van der Waals surface area contributed by atoms with Crippen LogP contribution in [0.25, 0.3) is 0 Å². The first kappa shape index (κ1) is 16.4. The number of hydrogen-bond donors (Lipinski definition) is 0. The van der Waals surface area contributed by atoms with E-state index < -0.39 is 15.8 Å². The molecule has 0 radical (unpaired) electrons. The second-order valence-corrected chi connectivity index (χ2v) is 7.83. The molecule has 114 valence electrons. The van der Waals surface area contributed by atoms with E-state index in [1.807, 2.05) is 16.8 Å². The maximum atomic E-state index is 13.8. The molecule has 0 atom stereocenters. The molecule has 7 heteroatoms. The van der Waals surface area contributed by atoms with Crippen LogP contribution in [0, 0.1) is 12.7 Å². The van der Waals surface area contributed by atoms with Gasteiger partial charge in [0.15, 0.2) is 0 Å². The highest BCUT2D eigenvalue weighted by atomic mass is 35.5. The van der Waals surface area contributed by atoms with E-state index in [1.165, 1.54) is 41.7 Å². The van der Waals surface area contributed by atoms with Crippen LogP contribution < -0.4 is 0 Å². The smallest absolute Gasteiger partial charge is 0.207 e. The van der Waals surface area contributed by atoms with Gasteiger partial charge in [-0.2, -0.15) is 15.6 Å². The Labute approximate surface area is 133 Å². The number of nitrogens with zero attached hydrogens (tertiary/aromatic N) is 1. The highest BCUT2D eigenvalue weighted by Crippen LogP contribution is 2.24. The molecule has 0 spiro atoms. The predicted molar refractivity (Wildman–Crippen MR) is 83.7 cm³/mol. The van der Waals surface area contributed by atoms with Crippen LogP contribution in [-0.2, 0) is 22.4 Å². The number of sulfonamides is 1. The van der Waals surface area contributed by atoms with Crippen molar-refractivity contribution in [1.82, 2.24) is 4.31 Å². The van der Waals surface area contributed by atoms with E-state index in [4.69, 9.17) is 11.6 Å². The van der Waals surface area contributed by atoms with Crippen molar-refractivity contribution < 1.29 is 12.8 Å². The van der Waals surface area contributed by atoms with Gasteiger partial charge in [-0.15, -0.1) is 11.6 Å². The molecule has 0 fully saturated rings. The van der Waals surface area contributed by atoms with E-state index in [0.29, 0.717) is 0 Å². The van der Waals surface area contributed by atoms with E-state index in [9.17, 15) is 12.8 Å². The summed E-state index contributed by atoms with van der Waals surface area (Å²) >= 11 is 7.18. The van der Waals surface area contributed by atoms with Gasteiger partial charge in [0.2, 0.25) is 10.0 Å². The van der Waals surface area contributed by atoms with Crippen LogP contribution in [0.15, 0.2) is 33.9 Å².